The van der Waals surface area contributed by atoms with Crippen molar-refractivity contribution >= 4 is 17.9 Å². The average Bonchev–Trinajstić information content (AvgIpc) is 2.06. The van der Waals surface area contributed by atoms with Crippen LogP contribution in [0.3, 0.4) is 0 Å². The molecule has 0 N–H and O–H groups in total. The van der Waals surface area contributed by atoms with Crippen LogP contribution < -0.4 is 4.74 Å². The first-order valence-corrected chi connectivity index (χ1v) is 3.50. The molecule has 0 spiro atoms. The zero-order valence-electron chi connectivity index (χ0n) is 5.66. The summed E-state index contributed by atoms with van der Waals surface area (Å²) in [6.07, 6.45) is 2.22. The summed E-state index contributed by atoms with van der Waals surface area (Å²) in [5, 5.41) is 0. The summed E-state index contributed by atoms with van der Waals surface area (Å²) >= 11 is 5.28. The molecule has 1 rings (SSSR count). The van der Waals surface area contributed by atoms with Gasteiger partial charge in [-0.05, 0) is 6.07 Å². The highest BCUT2D eigenvalue weighted by Gasteiger charge is 1.94. The van der Waals surface area contributed by atoms with Gasteiger partial charge in [-0.25, -0.2) is 4.98 Å². The second kappa shape index (κ2) is 3.93. The number of carbonyl (C=O) groups excluding carboxylic acids is 1. The fourth-order valence-electron chi connectivity index (χ4n) is 0.633. The Balaban J connectivity index is 2.82. The van der Waals surface area contributed by atoms with Crippen LogP contribution in [-0.2, 0) is 0 Å². The molecule has 0 radical (unpaired) electrons. The number of carbonyl (C=O) groups is 1. The largest absolute Gasteiger partial charge is 0.461 e. The van der Waals surface area contributed by atoms with Gasteiger partial charge in [-0.3, -0.25) is 4.79 Å². The van der Waals surface area contributed by atoms with Crippen LogP contribution in [0.4, 0.5) is 0 Å². The molecule has 58 valence electrons. The highest BCUT2D eigenvalue weighted by molar-refractivity contribution is 6.17. The smallest absolute Gasteiger partial charge is 0.215 e. The van der Waals surface area contributed by atoms with Gasteiger partial charge in [0, 0.05) is 17.8 Å². The van der Waals surface area contributed by atoms with E-state index >= 15 is 0 Å². The Labute approximate surface area is 69.0 Å². The molecule has 1 heterocycles. The number of hydrogen-bond acceptors (Lipinski definition) is 3. The van der Waals surface area contributed by atoms with Crippen molar-refractivity contribution in [2.75, 3.05) is 6.07 Å². The lowest BCUT2D eigenvalue weighted by molar-refractivity contribution is 0.112. The number of hydrogen-bond donors (Lipinski definition) is 0. The Morgan fingerprint density at radius 1 is 1.73 bits per heavy atom. The quantitative estimate of drug-likeness (QED) is 0.511. The zero-order chi connectivity index (χ0) is 8.10. The average molecular weight is 172 g/mol. The minimum absolute atomic E-state index is 0.0370. The molecule has 3 nitrogen and oxygen atoms in total. The van der Waals surface area contributed by atoms with Crippen molar-refractivity contribution in [3.05, 3.63) is 23.9 Å². The fourth-order valence-corrected chi connectivity index (χ4v) is 0.745. The molecule has 0 aliphatic heterocycles. The van der Waals surface area contributed by atoms with Gasteiger partial charge in [0.25, 0.3) is 0 Å². The second-order valence-corrected chi connectivity index (χ2v) is 2.02. The number of aldehydes is 1. The van der Waals surface area contributed by atoms with Crippen molar-refractivity contribution in [1.29, 1.82) is 0 Å². The Morgan fingerprint density at radius 2 is 2.55 bits per heavy atom. The monoisotopic (exact) mass is 171 g/mol. The van der Waals surface area contributed by atoms with E-state index in [-0.39, 0.29) is 6.07 Å². The Morgan fingerprint density at radius 3 is 3.18 bits per heavy atom. The van der Waals surface area contributed by atoms with Crippen LogP contribution in [0.5, 0.6) is 5.88 Å². The van der Waals surface area contributed by atoms with Crippen molar-refractivity contribution < 1.29 is 9.53 Å². The summed E-state index contributed by atoms with van der Waals surface area (Å²) in [5.41, 5.74) is 0.528. The van der Waals surface area contributed by atoms with Gasteiger partial charge in [-0.1, -0.05) is 11.6 Å². The van der Waals surface area contributed by atoms with E-state index in [0.29, 0.717) is 11.4 Å². The normalized spacial score (nSPS) is 9.18. The molecular formula is C7H6ClNO2. The van der Waals surface area contributed by atoms with Gasteiger partial charge in [-0.2, -0.15) is 0 Å². The van der Waals surface area contributed by atoms with Crippen LogP contribution in [0, 0.1) is 0 Å². The van der Waals surface area contributed by atoms with Crippen molar-refractivity contribution in [2.45, 2.75) is 0 Å². The summed E-state index contributed by atoms with van der Waals surface area (Å²) in [5.74, 6) is 0.365. The topological polar surface area (TPSA) is 39.2 Å². The van der Waals surface area contributed by atoms with E-state index in [9.17, 15) is 4.79 Å². The molecule has 11 heavy (non-hydrogen) atoms. The lowest BCUT2D eigenvalue weighted by Gasteiger charge is -1.98. The molecule has 0 aliphatic rings. The van der Waals surface area contributed by atoms with E-state index in [4.69, 9.17) is 16.3 Å². The number of aromatic nitrogens is 1. The number of rotatable bonds is 3. The van der Waals surface area contributed by atoms with E-state index in [2.05, 4.69) is 4.98 Å². The highest BCUT2D eigenvalue weighted by atomic mass is 35.5. The van der Waals surface area contributed by atoms with Gasteiger partial charge in [0.05, 0.1) is 0 Å². The van der Waals surface area contributed by atoms with Crippen LogP contribution in [0.1, 0.15) is 10.4 Å². The number of nitrogens with zero attached hydrogens (tertiary/aromatic N) is 1. The van der Waals surface area contributed by atoms with Crippen molar-refractivity contribution in [3.63, 3.8) is 0 Å². The maximum Gasteiger partial charge on any atom is 0.215 e. The van der Waals surface area contributed by atoms with Crippen LogP contribution in [0.25, 0.3) is 0 Å². The number of alkyl halides is 1. The molecule has 0 saturated carbocycles. The summed E-state index contributed by atoms with van der Waals surface area (Å²) < 4.78 is 4.84. The molecule has 0 amide bonds. The first kappa shape index (κ1) is 8.01. The Kier molecular flexibility index (Phi) is 2.86. The second-order valence-electron chi connectivity index (χ2n) is 1.80. The zero-order valence-corrected chi connectivity index (χ0v) is 6.41. The maximum absolute atomic E-state index is 10.2. The van der Waals surface area contributed by atoms with Gasteiger partial charge in [0.2, 0.25) is 5.88 Å². The number of halogens is 1. The van der Waals surface area contributed by atoms with E-state index in [1.54, 1.807) is 6.07 Å². The molecule has 0 bridgehead atoms. The van der Waals surface area contributed by atoms with E-state index in [1.807, 2.05) is 0 Å². The molecule has 1 aromatic heterocycles. The molecule has 0 atom stereocenters. The van der Waals surface area contributed by atoms with Gasteiger partial charge in [0.1, 0.15) is 6.29 Å². The standard InChI is InChI=1S/C7H6ClNO2/c8-5-11-7-3-6(4-10)1-2-9-7/h1-4H,5H2. The third-order valence-corrected chi connectivity index (χ3v) is 1.21. The van der Waals surface area contributed by atoms with E-state index in [0.717, 1.165) is 6.29 Å². The summed E-state index contributed by atoms with van der Waals surface area (Å²) in [4.78, 5) is 14.1. The van der Waals surface area contributed by atoms with Gasteiger partial charge < -0.3 is 4.74 Å². The van der Waals surface area contributed by atoms with Crippen LogP contribution in [0.15, 0.2) is 18.3 Å². The molecule has 4 heteroatoms. The molecular weight excluding hydrogens is 166 g/mol. The van der Waals surface area contributed by atoms with Crippen molar-refractivity contribution in [3.8, 4) is 5.88 Å². The fraction of sp³-hybridized carbons (Fsp3) is 0.143. The van der Waals surface area contributed by atoms with Gasteiger partial charge >= 0.3 is 0 Å². The SMILES string of the molecule is O=Cc1ccnc(OCCl)c1. The van der Waals surface area contributed by atoms with Crippen molar-refractivity contribution in [1.82, 2.24) is 4.98 Å². The Bertz CT molecular complexity index is 252. The maximum atomic E-state index is 10.2. The third kappa shape index (κ3) is 2.20. The van der Waals surface area contributed by atoms with Crippen LogP contribution >= 0.6 is 11.6 Å². The molecule has 0 aliphatic carbocycles. The van der Waals surface area contributed by atoms with E-state index < -0.39 is 0 Å². The molecule has 0 saturated heterocycles. The number of ether oxygens (including phenoxy) is 1. The predicted molar refractivity (Wildman–Crippen MR) is 41.0 cm³/mol. The van der Waals surface area contributed by atoms with Gasteiger partial charge in [0.15, 0.2) is 6.07 Å². The minimum atomic E-state index is 0.0370. The molecule has 0 unspecified atom stereocenters. The first-order valence-electron chi connectivity index (χ1n) is 2.97. The molecule has 1 aromatic rings. The predicted octanol–water partition coefficient (Wildman–Crippen LogP) is 1.47. The van der Waals surface area contributed by atoms with Gasteiger partial charge in [-0.15, -0.1) is 0 Å². The highest BCUT2D eigenvalue weighted by Crippen LogP contribution is 2.07. The molecule has 0 fully saturated rings. The Hall–Kier alpha value is -1.09. The number of pyridine rings is 1. The third-order valence-electron chi connectivity index (χ3n) is 1.10. The lowest BCUT2D eigenvalue weighted by Crippen LogP contribution is -1.92. The molecule has 0 aromatic carbocycles. The summed E-state index contributed by atoms with van der Waals surface area (Å²) in [6, 6.07) is 3.15. The van der Waals surface area contributed by atoms with Crippen molar-refractivity contribution in [2.24, 2.45) is 0 Å². The summed E-state index contributed by atoms with van der Waals surface area (Å²) in [6.45, 7) is 0. The summed E-state index contributed by atoms with van der Waals surface area (Å²) in [7, 11) is 0. The first-order chi connectivity index (χ1) is 5.36. The minimum Gasteiger partial charge on any atom is -0.461 e. The van der Waals surface area contributed by atoms with Crippen LogP contribution in [-0.4, -0.2) is 17.3 Å². The lowest BCUT2D eigenvalue weighted by atomic mass is 10.3. The van der Waals surface area contributed by atoms with Crippen LogP contribution in [0.2, 0.25) is 0 Å². The van der Waals surface area contributed by atoms with E-state index in [1.165, 1.54) is 12.3 Å².